The van der Waals surface area contributed by atoms with E-state index in [0.29, 0.717) is 51.2 Å². The zero-order valence-electron chi connectivity index (χ0n) is 32.8. The number of methoxy groups -OCH3 is 1. The highest BCUT2D eigenvalue weighted by molar-refractivity contribution is 7.90. The van der Waals surface area contributed by atoms with Crippen LogP contribution >= 0.6 is 7.82 Å². The first-order chi connectivity index (χ1) is 28.1. The van der Waals surface area contributed by atoms with Gasteiger partial charge in [0.15, 0.2) is 0 Å². The number of aryl methyl sites for hydroxylation is 2. The third-order valence-corrected chi connectivity index (χ3v) is 12.6. The Morgan fingerprint density at radius 2 is 1.78 bits per heavy atom. The Bertz CT molecular complexity index is 2750. The number of nitrogens with zero attached hydrogens (tertiary/aromatic N) is 3. The number of esters is 2. The third kappa shape index (κ3) is 7.98. The third-order valence-electron chi connectivity index (χ3n) is 10.3. The molecule has 0 saturated carbocycles. The Morgan fingerprint density at radius 3 is 2.44 bits per heavy atom. The van der Waals surface area contributed by atoms with E-state index in [4.69, 9.17) is 23.7 Å². The fraction of sp³-hybridized carbons (Fsp3) is 0.293. The molecular formula is C41H41N4O12PS. The molecule has 4 heterocycles. The molecule has 3 aromatic carbocycles. The number of carbonyl (C=O) groups excluding carboxylic acids is 2. The molecule has 1 unspecified atom stereocenters. The Labute approximate surface area is 339 Å². The summed E-state index contributed by atoms with van der Waals surface area (Å²) in [6, 6.07) is 19.7. The van der Waals surface area contributed by atoms with Crippen LogP contribution in [0.15, 0.2) is 87.5 Å². The number of fused-ring (bicyclic) bond motifs is 5. The Hall–Kier alpha value is -5.87. The number of cyclic esters (lactones) is 1. The first kappa shape index (κ1) is 41.3. The SMILES string of the molecule is CCc1c(OP(=O)(O)OC)ccc2nc3c(cc12)Cn1c-3cc2c(c1=O)COC(=O)[C@@]2(CC)OC(=O)CN=C(Cc1ccc(OC)cc1)NS(=O)(=O)c1ccc(C)cc1. The number of benzene rings is 3. The number of rotatable bonds is 13. The van der Waals surface area contributed by atoms with Crippen molar-refractivity contribution < 1.29 is 50.7 Å². The van der Waals surface area contributed by atoms with E-state index in [1.54, 1.807) is 55.5 Å². The number of sulfonamides is 1. The molecule has 308 valence electrons. The van der Waals surface area contributed by atoms with Gasteiger partial charge < -0.3 is 23.3 Å². The first-order valence-electron chi connectivity index (χ1n) is 18.6. The highest BCUT2D eigenvalue weighted by Crippen LogP contribution is 2.46. The lowest BCUT2D eigenvalue weighted by molar-refractivity contribution is -0.188. The minimum atomic E-state index is -4.35. The van der Waals surface area contributed by atoms with Crippen LogP contribution in [0, 0.1) is 6.92 Å². The van der Waals surface area contributed by atoms with Crippen LogP contribution in [-0.4, -0.2) is 61.4 Å². The number of aliphatic imine (C=N–C) groups is 1. The fourth-order valence-corrected chi connectivity index (χ4v) is 8.79. The molecule has 0 saturated heterocycles. The van der Waals surface area contributed by atoms with Crippen molar-refractivity contribution >= 4 is 46.5 Å². The van der Waals surface area contributed by atoms with Crippen LogP contribution in [0.3, 0.4) is 0 Å². The molecule has 7 rings (SSSR count). The van der Waals surface area contributed by atoms with Crippen molar-refractivity contribution in [3.63, 3.8) is 0 Å². The normalized spacial score (nSPS) is 17.0. The summed E-state index contributed by atoms with van der Waals surface area (Å²) in [5, 5.41) is 0.647. The van der Waals surface area contributed by atoms with Gasteiger partial charge in [0.25, 0.3) is 15.6 Å². The van der Waals surface area contributed by atoms with Crippen LogP contribution < -0.4 is 19.5 Å². The number of nitrogens with one attached hydrogen (secondary N) is 1. The van der Waals surface area contributed by atoms with Gasteiger partial charge in [-0.3, -0.25) is 23.9 Å². The monoisotopic (exact) mass is 844 g/mol. The van der Waals surface area contributed by atoms with Crippen LogP contribution in [0.2, 0.25) is 0 Å². The van der Waals surface area contributed by atoms with Crippen LogP contribution in [0.25, 0.3) is 22.3 Å². The number of hydrogen-bond acceptors (Lipinski definition) is 13. The molecule has 0 amide bonds. The summed E-state index contributed by atoms with van der Waals surface area (Å²) in [4.78, 5) is 60.7. The number of pyridine rings is 2. The van der Waals surface area contributed by atoms with E-state index in [1.165, 1.54) is 29.9 Å². The van der Waals surface area contributed by atoms with E-state index in [9.17, 15) is 32.3 Å². The smallest absolute Gasteiger partial charge is 0.497 e. The second kappa shape index (κ2) is 16.1. The summed E-state index contributed by atoms with van der Waals surface area (Å²) in [7, 11) is -5.89. The fourth-order valence-electron chi connectivity index (χ4n) is 7.24. The van der Waals surface area contributed by atoms with Gasteiger partial charge in [-0.2, -0.15) is 0 Å². The van der Waals surface area contributed by atoms with Crippen LogP contribution in [-0.2, 0) is 69.8 Å². The zero-order chi connectivity index (χ0) is 42.3. The van der Waals surface area contributed by atoms with Gasteiger partial charge >= 0.3 is 19.8 Å². The van der Waals surface area contributed by atoms with Crippen LogP contribution in [0.4, 0.5) is 0 Å². The lowest BCUT2D eigenvalue weighted by atomic mass is 9.85. The van der Waals surface area contributed by atoms with E-state index in [-0.39, 0.29) is 53.6 Å². The van der Waals surface area contributed by atoms with Gasteiger partial charge in [0.05, 0.1) is 41.0 Å². The molecule has 5 aromatic rings. The minimum Gasteiger partial charge on any atom is -0.497 e. The van der Waals surface area contributed by atoms with Gasteiger partial charge in [-0.15, -0.1) is 0 Å². The molecule has 18 heteroatoms. The maximum Gasteiger partial charge on any atom is 0.527 e. The molecule has 2 atom stereocenters. The van der Waals surface area contributed by atoms with E-state index < -0.39 is 47.5 Å². The summed E-state index contributed by atoms with van der Waals surface area (Å²) in [6.45, 7) is 4.39. The number of amidine groups is 1. The molecule has 2 aromatic heterocycles. The van der Waals surface area contributed by atoms with Crippen LogP contribution in [0.1, 0.15) is 53.6 Å². The van der Waals surface area contributed by atoms with Gasteiger partial charge in [-0.25, -0.2) is 27.6 Å². The van der Waals surface area contributed by atoms with E-state index in [2.05, 4.69) is 14.2 Å². The van der Waals surface area contributed by atoms with Gasteiger partial charge in [0, 0.05) is 35.6 Å². The quantitative estimate of drug-likeness (QED) is 0.0659. The standard InChI is InChI=1S/C41H41N4O12PS/c1-6-29-30-19-26-22-45-34(38(26)43-33(30)16-17-35(29)57-58(49,50)54-5)20-32-31(39(45)47)23-55-40(48)41(32,7-2)56-37(46)21-42-36(18-25-10-12-27(53-4)13-11-25)44-59(51,52)28-14-8-24(3)9-15-28/h8-17,19-20H,6-7,18,21-23H2,1-5H3,(H,42,44)(H,49,50)/t41-/m0/s1. The molecule has 2 aliphatic rings. The number of aromatic nitrogens is 2. The average molecular weight is 845 g/mol. The molecule has 0 fully saturated rings. The number of ether oxygens (including phenoxy) is 3. The summed E-state index contributed by atoms with van der Waals surface area (Å²) < 4.78 is 69.7. The number of carbonyl (C=O) groups is 2. The topological polar surface area (TPSA) is 211 Å². The lowest BCUT2D eigenvalue weighted by Gasteiger charge is -2.35. The Kier molecular flexibility index (Phi) is 11.2. The maximum absolute atomic E-state index is 14.1. The van der Waals surface area contributed by atoms with E-state index >= 15 is 0 Å². The van der Waals surface area contributed by atoms with Crippen molar-refractivity contribution in [1.29, 1.82) is 0 Å². The van der Waals surface area contributed by atoms with Gasteiger partial charge in [-0.05, 0) is 73.9 Å². The average Bonchev–Trinajstić information content (AvgIpc) is 3.58. The molecular weight excluding hydrogens is 804 g/mol. The molecule has 0 bridgehead atoms. The van der Waals surface area contributed by atoms with Gasteiger partial charge in [0.1, 0.15) is 30.5 Å². The first-order valence-corrected chi connectivity index (χ1v) is 21.6. The maximum atomic E-state index is 14.1. The number of hydrogen-bond donors (Lipinski definition) is 2. The summed E-state index contributed by atoms with van der Waals surface area (Å²) in [5.41, 5.74) is 1.94. The van der Waals surface area contributed by atoms with Crippen molar-refractivity contribution in [1.82, 2.24) is 14.3 Å². The van der Waals surface area contributed by atoms with Crippen molar-refractivity contribution in [3.8, 4) is 22.9 Å². The second-order valence-corrected chi connectivity index (χ2v) is 17.1. The van der Waals surface area contributed by atoms with Gasteiger partial charge in [0.2, 0.25) is 5.60 Å². The van der Waals surface area contributed by atoms with E-state index in [0.717, 1.165) is 12.7 Å². The van der Waals surface area contributed by atoms with Crippen molar-refractivity contribution in [2.24, 2.45) is 4.99 Å². The zero-order valence-corrected chi connectivity index (χ0v) is 34.5. The molecule has 59 heavy (non-hydrogen) atoms. The molecule has 0 aliphatic carbocycles. The Balaban J connectivity index is 1.22. The molecule has 2 N–H and O–H groups in total. The second-order valence-electron chi connectivity index (χ2n) is 14.0. The highest BCUT2D eigenvalue weighted by Gasteiger charge is 2.50. The number of phosphoric acid groups is 1. The molecule has 0 radical (unpaired) electrons. The van der Waals surface area contributed by atoms with Gasteiger partial charge in [-0.1, -0.05) is 43.7 Å². The lowest BCUT2D eigenvalue weighted by Crippen LogP contribution is -2.48. The largest absolute Gasteiger partial charge is 0.527 e. The predicted molar refractivity (Wildman–Crippen MR) is 216 cm³/mol. The number of phosphoric ester groups is 1. The molecule has 16 nitrogen and oxygen atoms in total. The van der Waals surface area contributed by atoms with Crippen LogP contribution in [0.5, 0.6) is 11.5 Å². The van der Waals surface area contributed by atoms with Crippen molar-refractivity contribution in [2.75, 3.05) is 20.8 Å². The molecule has 2 aliphatic heterocycles. The summed E-state index contributed by atoms with van der Waals surface area (Å²) >= 11 is 0. The minimum absolute atomic E-state index is 0.00710. The molecule has 0 spiro atoms. The predicted octanol–water partition coefficient (Wildman–Crippen LogP) is 5.26. The van der Waals surface area contributed by atoms with Crippen molar-refractivity contribution in [3.05, 3.63) is 117 Å². The van der Waals surface area contributed by atoms with Crippen molar-refractivity contribution in [2.45, 2.75) is 63.7 Å². The Morgan fingerprint density at radius 1 is 1.05 bits per heavy atom. The highest BCUT2D eigenvalue weighted by atomic mass is 32.2. The summed E-state index contributed by atoms with van der Waals surface area (Å²) in [5.74, 6) is -1.17. The summed E-state index contributed by atoms with van der Waals surface area (Å²) in [6.07, 6.45) is 0.305. The van der Waals surface area contributed by atoms with E-state index in [1.807, 2.05) is 19.9 Å².